The van der Waals surface area contributed by atoms with Crippen molar-refractivity contribution in [3.63, 3.8) is 0 Å². The first-order chi connectivity index (χ1) is 7.74. The SMILES string of the molecule is N#CCC[NH2+][C@H](Cc1ccccc1)C(=O)[O-]. The number of nitrogens with zero attached hydrogens (tertiary/aromatic N) is 1. The van der Waals surface area contributed by atoms with E-state index in [2.05, 4.69) is 0 Å². The molecule has 1 aromatic carbocycles. The molecule has 4 heteroatoms. The van der Waals surface area contributed by atoms with E-state index in [0.29, 0.717) is 19.4 Å². The minimum absolute atomic E-state index is 0.346. The number of nitriles is 1. The van der Waals surface area contributed by atoms with Crippen LogP contribution in [-0.2, 0) is 11.2 Å². The molecule has 0 fully saturated rings. The normalized spacial score (nSPS) is 11.7. The zero-order valence-electron chi connectivity index (χ0n) is 8.93. The summed E-state index contributed by atoms with van der Waals surface area (Å²) in [5.74, 6) is -1.08. The third-order valence-corrected chi connectivity index (χ3v) is 2.31. The highest BCUT2D eigenvalue weighted by Crippen LogP contribution is 2.00. The first-order valence-corrected chi connectivity index (χ1v) is 5.19. The third-order valence-electron chi connectivity index (χ3n) is 2.31. The second kappa shape index (κ2) is 6.59. The quantitative estimate of drug-likeness (QED) is 0.610. The van der Waals surface area contributed by atoms with E-state index < -0.39 is 12.0 Å². The van der Waals surface area contributed by atoms with E-state index in [1.807, 2.05) is 36.4 Å². The number of carbonyl (C=O) groups excluding carboxylic acids is 1. The van der Waals surface area contributed by atoms with E-state index >= 15 is 0 Å². The summed E-state index contributed by atoms with van der Waals surface area (Å²) < 4.78 is 0. The van der Waals surface area contributed by atoms with E-state index in [-0.39, 0.29) is 0 Å². The van der Waals surface area contributed by atoms with Crippen molar-refractivity contribution in [2.24, 2.45) is 0 Å². The van der Waals surface area contributed by atoms with Gasteiger partial charge in [0, 0.05) is 6.42 Å². The first-order valence-electron chi connectivity index (χ1n) is 5.19. The summed E-state index contributed by atoms with van der Waals surface area (Å²) in [6, 6.07) is 10.8. The fourth-order valence-electron chi connectivity index (χ4n) is 1.48. The molecule has 0 unspecified atom stereocenters. The number of carboxylic acids is 1. The van der Waals surface area contributed by atoms with Gasteiger partial charge < -0.3 is 15.2 Å². The van der Waals surface area contributed by atoms with E-state index in [1.54, 1.807) is 5.32 Å². The Kier molecular flexibility index (Phi) is 5.03. The topological polar surface area (TPSA) is 80.5 Å². The molecule has 0 aliphatic carbocycles. The molecule has 84 valence electrons. The van der Waals surface area contributed by atoms with Crippen LogP contribution >= 0.6 is 0 Å². The molecular formula is C12H14N2O2. The van der Waals surface area contributed by atoms with Crippen LogP contribution in [0.1, 0.15) is 12.0 Å². The van der Waals surface area contributed by atoms with E-state index in [1.165, 1.54) is 0 Å². The molecule has 0 radical (unpaired) electrons. The molecule has 0 aliphatic heterocycles. The van der Waals surface area contributed by atoms with Crippen molar-refractivity contribution >= 4 is 5.97 Å². The van der Waals surface area contributed by atoms with Gasteiger partial charge in [-0.05, 0) is 5.56 Å². The summed E-state index contributed by atoms with van der Waals surface area (Å²) in [5, 5.41) is 20.9. The summed E-state index contributed by atoms with van der Waals surface area (Å²) >= 11 is 0. The predicted octanol–water partition coefficient (Wildman–Crippen LogP) is -1.18. The molecule has 0 heterocycles. The van der Waals surface area contributed by atoms with Crippen LogP contribution in [0.15, 0.2) is 30.3 Å². The molecule has 0 aromatic heterocycles. The first kappa shape index (κ1) is 12.2. The van der Waals surface area contributed by atoms with Gasteiger partial charge in [0.1, 0.15) is 6.04 Å². The predicted molar refractivity (Wildman–Crippen MR) is 56.0 cm³/mol. The van der Waals surface area contributed by atoms with Crippen LogP contribution in [0.5, 0.6) is 0 Å². The van der Waals surface area contributed by atoms with Crippen molar-refractivity contribution in [3.8, 4) is 6.07 Å². The minimum atomic E-state index is -1.08. The Bertz CT molecular complexity index is 370. The molecule has 16 heavy (non-hydrogen) atoms. The second-order valence-electron chi connectivity index (χ2n) is 3.55. The minimum Gasteiger partial charge on any atom is -0.544 e. The summed E-state index contributed by atoms with van der Waals surface area (Å²) in [5.41, 5.74) is 0.963. The fourth-order valence-corrected chi connectivity index (χ4v) is 1.48. The van der Waals surface area contributed by atoms with Gasteiger partial charge in [0.2, 0.25) is 0 Å². The van der Waals surface area contributed by atoms with Crippen molar-refractivity contribution in [2.75, 3.05) is 6.54 Å². The Labute approximate surface area is 94.5 Å². The van der Waals surface area contributed by atoms with Crippen molar-refractivity contribution in [3.05, 3.63) is 35.9 Å². The molecule has 1 atom stereocenters. The number of carboxylic acid groups (broad SMARTS) is 1. The molecule has 0 spiro atoms. The largest absolute Gasteiger partial charge is 0.544 e. The lowest BCUT2D eigenvalue weighted by Crippen LogP contribution is -2.93. The fraction of sp³-hybridized carbons (Fsp3) is 0.333. The standard InChI is InChI=1S/C12H14N2O2/c13-7-4-8-14-11(12(15)16)9-10-5-2-1-3-6-10/h1-3,5-6,11,14H,4,8-9H2,(H,15,16)/t11-/m1/s1. The number of rotatable bonds is 6. The van der Waals surface area contributed by atoms with Gasteiger partial charge in [0.25, 0.3) is 0 Å². The average Bonchev–Trinajstić information content (AvgIpc) is 2.29. The number of benzene rings is 1. The molecule has 1 aromatic rings. The number of carbonyl (C=O) groups is 1. The molecule has 1 rings (SSSR count). The van der Waals surface area contributed by atoms with Crippen LogP contribution in [0.3, 0.4) is 0 Å². The number of aliphatic carboxylic acids is 1. The summed E-state index contributed by atoms with van der Waals surface area (Å²) in [4.78, 5) is 10.9. The Balaban J connectivity index is 2.52. The Morgan fingerprint density at radius 2 is 2.12 bits per heavy atom. The van der Waals surface area contributed by atoms with Gasteiger partial charge in [-0.1, -0.05) is 30.3 Å². The number of hydrogen-bond donors (Lipinski definition) is 1. The maximum Gasteiger partial charge on any atom is 0.130 e. The maximum atomic E-state index is 10.9. The van der Waals surface area contributed by atoms with Gasteiger partial charge in [-0.3, -0.25) is 0 Å². The van der Waals surface area contributed by atoms with Gasteiger partial charge >= 0.3 is 0 Å². The number of nitrogens with two attached hydrogens (primary N) is 1. The maximum absolute atomic E-state index is 10.9. The Morgan fingerprint density at radius 3 is 2.69 bits per heavy atom. The van der Waals surface area contributed by atoms with Crippen molar-refractivity contribution in [1.29, 1.82) is 5.26 Å². The molecular weight excluding hydrogens is 204 g/mol. The van der Waals surface area contributed by atoms with Crippen molar-refractivity contribution in [1.82, 2.24) is 0 Å². The highest BCUT2D eigenvalue weighted by Gasteiger charge is 2.13. The zero-order chi connectivity index (χ0) is 11.8. The average molecular weight is 218 g/mol. The summed E-state index contributed by atoms with van der Waals surface area (Å²) in [6.07, 6.45) is 0.771. The van der Waals surface area contributed by atoms with Gasteiger partial charge in [0.15, 0.2) is 0 Å². The molecule has 2 N–H and O–H groups in total. The number of hydrogen-bond acceptors (Lipinski definition) is 3. The highest BCUT2D eigenvalue weighted by molar-refractivity contribution is 5.69. The van der Waals surface area contributed by atoms with Crippen LogP contribution in [0.2, 0.25) is 0 Å². The Hall–Kier alpha value is -1.86. The lowest BCUT2D eigenvalue weighted by Gasteiger charge is -2.15. The van der Waals surface area contributed by atoms with Crippen LogP contribution < -0.4 is 10.4 Å². The third kappa shape index (κ3) is 4.11. The lowest BCUT2D eigenvalue weighted by atomic mass is 10.1. The zero-order valence-corrected chi connectivity index (χ0v) is 8.93. The highest BCUT2D eigenvalue weighted by atomic mass is 16.4. The van der Waals surface area contributed by atoms with Gasteiger partial charge in [0.05, 0.1) is 25.0 Å². The monoisotopic (exact) mass is 218 g/mol. The van der Waals surface area contributed by atoms with E-state index in [9.17, 15) is 9.90 Å². The molecule has 4 nitrogen and oxygen atoms in total. The van der Waals surface area contributed by atoms with E-state index in [0.717, 1.165) is 5.56 Å². The van der Waals surface area contributed by atoms with Gasteiger partial charge in [-0.25, -0.2) is 0 Å². The van der Waals surface area contributed by atoms with Gasteiger partial charge in [-0.2, -0.15) is 5.26 Å². The van der Waals surface area contributed by atoms with Crippen LogP contribution in [0.25, 0.3) is 0 Å². The molecule has 0 saturated carbocycles. The van der Waals surface area contributed by atoms with Crippen LogP contribution in [-0.4, -0.2) is 18.6 Å². The van der Waals surface area contributed by atoms with Crippen molar-refractivity contribution < 1.29 is 15.2 Å². The molecule has 0 bridgehead atoms. The molecule has 0 saturated heterocycles. The van der Waals surface area contributed by atoms with Gasteiger partial charge in [-0.15, -0.1) is 0 Å². The summed E-state index contributed by atoms with van der Waals surface area (Å²) in [6.45, 7) is 0.488. The molecule has 0 amide bonds. The Morgan fingerprint density at radius 1 is 1.44 bits per heavy atom. The van der Waals surface area contributed by atoms with Crippen molar-refractivity contribution in [2.45, 2.75) is 18.9 Å². The molecule has 0 aliphatic rings. The smallest absolute Gasteiger partial charge is 0.130 e. The van der Waals surface area contributed by atoms with E-state index in [4.69, 9.17) is 5.26 Å². The van der Waals surface area contributed by atoms with Crippen LogP contribution in [0, 0.1) is 11.3 Å². The number of quaternary nitrogens is 1. The summed E-state index contributed by atoms with van der Waals surface area (Å²) in [7, 11) is 0. The lowest BCUT2D eigenvalue weighted by molar-refractivity contribution is -0.682. The second-order valence-corrected chi connectivity index (χ2v) is 3.55. The van der Waals surface area contributed by atoms with Crippen LogP contribution in [0.4, 0.5) is 0 Å².